The first kappa shape index (κ1) is 47.2. The highest BCUT2D eigenvalue weighted by molar-refractivity contribution is 7.88. The van der Waals surface area contributed by atoms with Crippen molar-refractivity contribution in [2.75, 3.05) is 5.32 Å². The Morgan fingerprint density at radius 2 is 0.948 bits per heavy atom. The van der Waals surface area contributed by atoms with E-state index in [9.17, 15) is 79.2 Å². The van der Waals surface area contributed by atoms with Gasteiger partial charge in [-0.15, -0.1) is 0 Å². The first-order valence-corrected chi connectivity index (χ1v) is 19.1. The molecule has 0 saturated heterocycles. The Bertz CT molecular complexity index is 2330. The smallest absolute Gasteiger partial charge is 0.452 e. The Morgan fingerprint density at radius 1 is 0.586 bits per heavy atom. The summed E-state index contributed by atoms with van der Waals surface area (Å²) in [7, 11) is -18.8. The molecule has 18 nitrogen and oxygen atoms in total. The van der Waals surface area contributed by atoms with Gasteiger partial charge in [0.1, 0.15) is 34.0 Å². The summed E-state index contributed by atoms with van der Waals surface area (Å²) in [6.07, 6.45) is -0.986. The minimum atomic E-state index is -6.42. The second kappa shape index (κ2) is 14.9. The van der Waals surface area contributed by atoms with Crippen molar-refractivity contribution in [1.82, 2.24) is 0 Å². The van der Waals surface area contributed by atoms with Crippen LogP contribution in [-0.4, -0.2) is 77.0 Å². The number of nitrogens with one attached hydrogen (secondary N) is 1. The van der Waals surface area contributed by atoms with Gasteiger partial charge in [0.2, 0.25) is 11.6 Å². The predicted molar refractivity (Wildman–Crippen MR) is 170 cm³/mol. The molecule has 0 saturated carbocycles. The SMILES string of the molecule is CC(C)(C)OC(=O)Nc1cc2c(c(OS(=O)(=O)C(F)(F)F)c1)C(=O)OC(C)(C)O2.CC1(C)OC(=O)c2c(cc(OS(=O)(=O)C(F)(F)F)cc2OS(=O)(=O)C(F)(F)F)O1. The number of carbonyl (C=O) groups is 3. The van der Waals surface area contributed by atoms with Crippen LogP contribution >= 0.6 is 0 Å². The third-order valence-electron chi connectivity index (χ3n) is 6.00. The average Bonchev–Trinajstić information content (AvgIpc) is 2.91. The summed E-state index contributed by atoms with van der Waals surface area (Å²) >= 11 is 0. The first-order valence-electron chi connectivity index (χ1n) is 14.9. The van der Waals surface area contributed by atoms with Crippen molar-refractivity contribution < 1.29 is 115 Å². The average molecular weight is 916 g/mol. The molecule has 0 bridgehead atoms. The zero-order valence-electron chi connectivity index (χ0n) is 29.9. The second-order valence-corrected chi connectivity index (χ2v) is 17.6. The van der Waals surface area contributed by atoms with Crippen LogP contribution in [0.4, 0.5) is 50.0 Å². The monoisotopic (exact) mass is 915 g/mol. The van der Waals surface area contributed by atoms with Crippen LogP contribution < -0.4 is 27.3 Å². The number of ether oxygens (including phenoxy) is 5. The van der Waals surface area contributed by atoms with Crippen molar-refractivity contribution in [1.29, 1.82) is 0 Å². The van der Waals surface area contributed by atoms with E-state index in [-0.39, 0.29) is 17.5 Å². The van der Waals surface area contributed by atoms with Crippen LogP contribution in [0.15, 0.2) is 24.3 Å². The number of cyclic esters (lactones) is 2. The molecule has 0 spiro atoms. The van der Waals surface area contributed by atoms with Gasteiger partial charge in [-0.25, -0.2) is 14.4 Å². The maximum atomic E-state index is 12.7. The molecule has 1 N–H and O–H groups in total. The highest BCUT2D eigenvalue weighted by Gasteiger charge is 2.52. The first-order chi connectivity index (χ1) is 25.7. The predicted octanol–water partition coefficient (Wildman–Crippen LogP) is 5.98. The van der Waals surface area contributed by atoms with Gasteiger partial charge in [-0.05, 0) is 20.8 Å². The van der Waals surface area contributed by atoms with Gasteiger partial charge in [0.25, 0.3) is 0 Å². The van der Waals surface area contributed by atoms with Crippen molar-refractivity contribution in [3.05, 3.63) is 35.4 Å². The van der Waals surface area contributed by atoms with E-state index in [0.717, 1.165) is 19.9 Å². The number of carbonyl (C=O) groups excluding carboxylic acids is 3. The molecule has 2 heterocycles. The van der Waals surface area contributed by atoms with Gasteiger partial charge in [-0.2, -0.15) is 64.8 Å². The van der Waals surface area contributed by atoms with E-state index in [0.29, 0.717) is 12.1 Å². The Kier molecular flexibility index (Phi) is 12.1. The van der Waals surface area contributed by atoms with Crippen LogP contribution in [0, 0.1) is 0 Å². The van der Waals surface area contributed by atoms with Crippen LogP contribution in [0.2, 0.25) is 0 Å². The molecule has 2 aromatic rings. The number of halogens is 9. The molecule has 0 fully saturated rings. The Hall–Kier alpha value is -5.13. The summed E-state index contributed by atoms with van der Waals surface area (Å²) in [5.41, 5.74) is -20.6. The number of esters is 2. The number of anilines is 1. The third-order valence-corrected chi connectivity index (χ3v) is 8.91. The molecular formula is C28H26F9NO17S3. The van der Waals surface area contributed by atoms with Crippen LogP contribution in [0.1, 0.15) is 69.2 Å². The van der Waals surface area contributed by atoms with E-state index in [4.69, 9.17) is 18.9 Å². The standard InChI is InChI=1S/C16H18F3NO8S.C12H8F6O9S2/c1-14(2,3)27-13(22)20-8-6-9-11(12(21)26-15(4,5)25-9)10(7-8)28-29(23,24)16(17,18)19;1-10(2)24-6-3-5(26-28(20,21)11(13,14)15)4-7(8(6)9(19)25-10)27-29(22,23)12(16,17)18/h6-7H,1-5H3,(H,20,22);3-4H,1-2H3. The molecule has 30 heteroatoms. The molecule has 4 rings (SSSR count). The van der Waals surface area contributed by atoms with Crippen molar-refractivity contribution in [3.63, 3.8) is 0 Å². The topological polar surface area (TPSA) is 239 Å². The summed E-state index contributed by atoms with van der Waals surface area (Å²) in [6.45, 7) is 9.63. The number of rotatable bonds is 7. The maximum absolute atomic E-state index is 12.7. The van der Waals surface area contributed by atoms with Crippen LogP contribution in [0.25, 0.3) is 0 Å². The number of benzene rings is 2. The summed E-state index contributed by atoms with van der Waals surface area (Å²) in [5.74, 6) is -11.1. The van der Waals surface area contributed by atoms with Crippen LogP contribution in [0.5, 0.6) is 28.7 Å². The molecule has 0 atom stereocenters. The minimum Gasteiger partial charge on any atom is -0.452 e. The summed E-state index contributed by atoms with van der Waals surface area (Å²) in [5, 5.41) is 2.21. The van der Waals surface area contributed by atoms with E-state index < -0.39 is 116 Å². The minimum absolute atomic E-state index is 0.00829. The molecule has 1 amide bonds. The van der Waals surface area contributed by atoms with Crippen molar-refractivity contribution >= 4 is 54.1 Å². The Balaban J connectivity index is 0.000000310. The molecule has 0 radical (unpaired) electrons. The highest BCUT2D eigenvalue weighted by Crippen LogP contribution is 2.44. The van der Waals surface area contributed by atoms with E-state index in [1.807, 2.05) is 0 Å². The lowest BCUT2D eigenvalue weighted by Crippen LogP contribution is -2.39. The van der Waals surface area contributed by atoms with Crippen LogP contribution in [-0.2, 0) is 44.6 Å². The molecule has 58 heavy (non-hydrogen) atoms. The van der Waals surface area contributed by atoms with Crippen molar-refractivity contribution in [2.45, 2.75) is 82.2 Å². The van der Waals surface area contributed by atoms with Crippen molar-refractivity contribution in [2.24, 2.45) is 0 Å². The van der Waals surface area contributed by atoms with E-state index in [2.05, 4.69) is 22.6 Å². The lowest BCUT2D eigenvalue weighted by Gasteiger charge is -2.32. The molecule has 2 aromatic carbocycles. The lowest BCUT2D eigenvalue weighted by atomic mass is 10.1. The fourth-order valence-electron chi connectivity index (χ4n) is 4.02. The number of hydrogen-bond acceptors (Lipinski definition) is 17. The second-order valence-electron chi connectivity index (χ2n) is 13.0. The van der Waals surface area contributed by atoms with Gasteiger partial charge in [-0.1, -0.05) is 0 Å². The van der Waals surface area contributed by atoms with Crippen LogP contribution in [0.3, 0.4) is 0 Å². The molecule has 2 aliphatic heterocycles. The van der Waals surface area contributed by atoms with E-state index in [1.165, 1.54) is 13.8 Å². The van der Waals surface area contributed by atoms with Gasteiger partial charge in [0.05, 0.1) is 5.69 Å². The number of hydrogen-bond donors (Lipinski definition) is 1. The zero-order chi connectivity index (χ0) is 45.0. The van der Waals surface area contributed by atoms with Gasteiger partial charge in [-0.3, -0.25) is 5.32 Å². The van der Waals surface area contributed by atoms with Crippen molar-refractivity contribution in [3.8, 4) is 28.7 Å². The Morgan fingerprint density at radius 3 is 1.33 bits per heavy atom. The summed E-state index contributed by atoms with van der Waals surface area (Å²) in [6, 6.07) is 2.20. The molecule has 326 valence electrons. The quantitative estimate of drug-likeness (QED) is 0.111. The third kappa shape index (κ3) is 11.3. The number of fused-ring (bicyclic) bond motifs is 2. The van der Waals surface area contributed by atoms with Gasteiger partial charge < -0.3 is 36.2 Å². The zero-order valence-corrected chi connectivity index (χ0v) is 32.3. The van der Waals surface area contributed by atoms with E-state index >= 15 is 0 Å². The van der Waals surface area contributed by atoms with Gasteiger partial charge in [0.15, 0.2) is 11.5 Å². The largest absolute Gasteiger partial charge is 0.534 e. The summed E-state index contributed by atoms with van der Waals surface area (Å²) < 4.78 is 217. The molecule has 0 unspecified atom stereocenters. The Labute approximate surface area is 320 Å². The lowest BCUT2D eigenvalue weighted by molar-refractivity contribution is -0.128. The maximum Gasteiger partial charge on any atom is 0.534 e. The number of alkyl halides is 9. The van der Waals surface area contributed by atoms with Gasteiger partial charge >= 0.3 is 64.9 Å². The molecule has 0 aliphatic carbocycles. The molecule has 0 aromatic heterocycles. The van der Waals surface area contributed by atoms with Gasteiger partial charge in [0, 0.05) is 52.0 Å². The highest BCUT2D eigenvalue weighted by atomic mass is 32.2. The molecule has 2 aliphatic rings. The number of amides is 1. The fraction of sp³-hybridized carbons (Fsp3) is 0.464. The normalized spacial score (nSPS) is 16.6. The fourth-order valence-corrected chi connectivity index (χ4v) is 5.39. The van der Waals surface area contributed by atoms with E-state index in [1.54, 1.807) is 20.8 Å². The summed E-state index contributed by atoms with van der Waals surface area (Å²) in [4.78, 5) is 36.2. The molecular weight excluding hydrogens is 889 g/mol.